The highest BCUT2D eigenvalue weighted by atomic mass is 14.8. The predicted octanol–water partition coefficient (Wildman–Crippen LogP) is 2.20. The first-order valence-electron chi connectivity index (χ1n) is 4.91. The van der Waals surface area contributed by atoms with Crippen molar-refractivity contribution in [1.82, 2.24) is 5.32 Å². The average Bonchev–Trinajstić information content (AvgIpc) is 2.18. The van der Waals surface area contributed by atoms with E-state index in [0.29, 0.717) is 0 Å². The van der Waals surface area contributed by atoms with Crippen LogP contribution in [0.25, 0.3) is 6.08 Å². The molecule has 0 aromatic heterocycles. The van der Waals surface area contributed by atoms with E-state index in [1.165, 1.54) is 5.56 Å². The Kier molecular flexibility index (Phi) is 4.20. The molecule has 1 aromatic rings. The van der Waals surface area contributed by atoms with Crippen LogP contribution in [-0.4, -0.2) is 13.6 Å². The van der Waals surface area contributed by atoms with Crippen molar-refractivity contribution in [1.29, 1.82) is 0 Å². The molecule has 0 saturated heterocycles. The monoisotopic (exact) mass is 190 g/mol. The van der Waals surface area contributed by atoms with Crippen molar-refractivity contribution in [2.45, 2.75) is 13.3 Å². The van der Waals surface area contributed by atoms with Gasteiger partial charge in [0.2, 0.25) is 0 Å². The molecule has 0 heterocycles. The summed E-state index contributed by atoms with van der Waals surface area (Å²) in [5.74, 6) is 0. The summed E-state index contributed by atoms with van der Waals surface area (Å²) in [5.41, 5.74) is 8.94. The standard InChI is InChI=1S/C12H18N2/c1-10-9-11(6-7-12(10)13)5-3-4-8-14-2/h3,5-7,9,14H,4,8,13H2,1-2H3. The summed E-state index contributed by atoms with van der Waals surface area (Å²) in [6, 6.07) is 6.09. The van der Waals surface area contributed by atoms with E-state index in [1.807, 2.05) is 26.1 Å². The largest absolute Gasteiger partial charge is 0.399 e. The number of benzene rings is 1. The lowest BCUT2D eigenvalue weighted by Crippen LogP contribution is -2.05. The Bertz CT molecular complexity index is 316. The number of nitrogens with two attached hydrogens (primary N) is 1. The Morgan fingerprint density at radius 1 is 1.43 bits per heavy atom. The van der Waals surface area contributed by atoms with Crippen LogP contribution in [0.15, 0.2) is 24.3 Å². The van der Waals surface area contributed by atoms with E-state index in [9.17, 15) is 0 Å². The third kappa shape index (κ3) is 3.23. The van der Waals surface area contributed by atoms with E-state index in [-0.39, 0.29) is 0 Å². The first-order chi connectivity index (χ1) is 6.74. The quantitative estimate of drug-likeness (QED) is 0.564. The minimum atomic E-state index is 0.859. The van der Waals surface area contributed by atoms with Gasteiger partial charge in [-0.25, -0.2) is 0 Å². The number of anilines is 1. The molecule has 2 heteroatoms. The van der Waals surface area contributed by atoms with Crippen LogP contribution in [0, 0.1) is 6.92 Å². The van der Waals surface area contributed by atoms with Gasteiger partial charge in [-0.05, 0) is 44.1 Å². The number of hydrogen-bond acceptors (Lipinski definition) is 2. The zero-order valence-electron chi connectivity index (χ0n) is 8.88. The van der Waals surface area contributed by atoms with Crippen molar-refractivity contribution < 1.29 is 0 Å². The van der Waals surface area contributed by atoms with Gasteiger partial charge in [-0.15, -0.1) is 0 Å². The highest BCUT2D eigenvalue weighted by Crippen LogP contribution is 2.13. The van der Waals surface area contributed by atoms with Crippen LogP contribution in [0.5, 0.6) is 0 Å². The van der Waals surface area contributed by atoms with Gasteiger partial charge in [0.25, 0.3) is 0 Å². The molecule has 0 aliphatic carbocycles. The molecule has 0 fully saturated rings. The molecule has 3 N–H and O–H groups in total. The summed E-state index contributed by atoms with van der Waals surface area (Å²) in [5, 5.41) is 3.10. The Balaban J connectivity index is 2.59. The average molecular weight is 190 g/mol. The van der Waals surface area contributed by atoms with E-state index in [2.05, 4.69) is 23.5 Å². The van der Waals surface area contributed by atoms with E-state index in [0.717, 1.165) is 24.2 Å². The van der Waals surface area contributed by atoms with Gasteiger partial charge < -0.3 is 11.1 Å². The van der Waals surface area contributed by atoms with E-state index >= 15 is 0 Å². The van der Waals surface area contributed by atoms with Gasteiger partial charge in [0.05, 0.1) is 0 Å². The van der Waals surface area contributed by atoms with E-state index in [4.69, 9.17) is 5.73 Å². The molecule has 1 rings (SSSR count). The molecule has 0 saturated carbocycles. The first-order valence-corrected chi connectivity index (χ1v) is 4.91. The van der Waals surface area contributed by atoms with Gasteiger partial charge in [-0.1, -0.05) is 24.3 Å². The van der Waals surface area contributed by atoms with Crippen LogP contribution in [0.3, 0.4) is 0 Å². The zero-order chi connectivity index (χ0) is 10.4. The van der Waals surface area contributed by atoms with Gasteiger partial charge in [0.15, 0.2) is 0 Å². The second-order valence-electron chi connectivity index (χ2n) is 3.41. The Hall–Kier alpha value is -1.28. The number of rotatable bonds is 4. The van der Waals surface area contributed by atoms with Crippen LogP contribution in [0.1, 0.15) is 17.5 Å². The molecule has 2 nitrogen and oxygen atoms in total. The van der Waals surface area contributed by atoms with Crippen molar-refractivity contribution in [2.75, 3.05) is 19.3 Å². The second kappa shape index (κ2) is 5.45. The summed E-state index contributed by atoms with van der Waals surface area (Å²) in [6.45, 7) is 3.05. The highest BCUT2D eigenvalue weighted by Gasteiger charge is 1.92. The Morgan fingerprint density at radius 2 is 2.21 bits per heavy atom. The molecule has 14 heavy (non-hydrogen) atoms. The Labute approximate surface area is 85.8 Å². The topological polar surface area (TPSA) is 38.0 Å². The molecule has 0 spiro atoms. The van der Waals surface area contributed by atoms with Gasteiger partial charge in [-0.2, -0.15) is 0 Å². The molecule has 0 bridgehead atoms. The van der Waals surface area contributed by atoms with Crippen molar-refractivity contribution in [3.8, 4) is 0 Å². The number of nitrogen functional groups attached to an aromatic ring is 1. The molecule has 76 valence electrons. The Morgan fingerprint density at radius 3 is 2.86 bits per heavy atom. The maximum Gasteiger partial charge on any atom is 0.0344 e. The van der Waals surface area contributed by atoms with E-state index < -0.39 is 0 Å². The van der Waals surface area contributed by atoms with Crippen molar-refractivity contribution in [2.24, 2.45) is 0 Å². The zero-order valence-corrected chi connectivity index (χ0v) is 8.88. The maximum absolute atomic E-state index is 5.73. The minimum absolute atomic E-state index is 0.859. The van der Waals surface area contributed by atoms with Crippen LogP contribution in [0.4, 0.5) is 5.69 Å². The third-order valence-electron chi connectivity index (χ3n) is 2.17. The van der Waals surface area contributed by atoms with Crippen LogP contribution < -0.4 is 11.1 Å². The van der Waals surface area contributed by atoms with Gasteiger partial charge in [-0.3, -0.25) is 0 Å². The minimum Gasteiger partial charge on any atom is -0.399 e. The highest BCUT2D eigenvalue weighted by molar-refractivity contribution is 5.57. The number of hydrogen-bond donors (Lipinski definition) is 2. The second-order valence-corrected chi connectivity index (χ2v) is 3.41. The molecule has 0 aliphatic rings. The summed E-state index contributed by atoms with van der Waals surface area (Å²) in [7, 11) is 1.96. The van der Waals surface area contributed by atoms with Gasteiger partial charge >= 0.3 is 0 Å². The molecule has 0 atom stereocenters. The molecule has 0 unspecified atom stereocenters. The van der Waals surface area contributed by atoms with Gasteiger partial charge in [0, 0.05) is 5.69 Å². The van der Waals surface area contributed by atoms with Crippen LogP contribution in [0.2, 0.25) is 0 Å². The predicted molar refractivity (Wildman–Crippen MR) is 63.2 cm³/mol. The van der Waals surface area contributed by atoms with Crippen LogP contribution in [-0.2, 0) is 0 Å². The third-order valence-corrected chi connectivity index (χ3v) is 2.17. The molecule has 0 amide bonds. The fourth-order valence-corrected chi connectivity index (χ4v) is 1.25. The summed E-state index contributed by atoms with van der Waals surface area (Å²) >= 11 is 0. The number of nitrogens with one attached hydrogen (secondary N) is 1. The molecule has 0 aliphatic heterocycles. The smallest absolute Gasteiger partial charge is 0.0344 e. The fraction of sp³-hybridized carbons (Fsp3) is 0.333. The number of aryl methyl sites for hydroxylation is 1. The normalized spacial score (nSPS) is 11.0. The lowest BCUT2D eigenvalue weighted by Gasteiger charge is -2.00. The van der Waals surface area contributed by atoms with Crippen molar-refractivity contribution >= 4 is 11.8 Å². The molecule has 1 aromatic carbocycles. The van der Waals surface area contributed by atoms with Crippen molar-refractivity contribution in [3.63, 3.8) is 0 Å². The fourth-order valence-electron chi connectivity index (χ4n) is 1.25. The lowest BCUT2D eigenvalue weighted by atomic mass is 10.1. The maximum atomic E-state index is 5.73. The van der Waals surface area contributed by atoms with E-state index in [1.54, 1.807) is 0 Å². The van der Waals surface area contributed by atoms with Gasteiger partial charge in [0.1, 0.15) is 0 Å². The van der Waals surface area contributed by atoms with Crippen molar-refractivity contribution in [3.05, 3.63) is 35.4 Å². The molecular formula is C12H18N2. The summed E-state index contributed by atoms with van der Waals surface area (Å²) in [6.07, 6.45) is 5.35. The summed E-state index contributed by atoms with van der Waals surface area (Å²) in [4.78, 5) is 0. The van der Waals surface area contributed by atoms with Crippen LogP contribution >= 0.6 is 0 Å². The summed E-state index contributed by atoms with van der Waals surface area (Å²) < 4.78 is 0. The first kappa shape index (κ1) is 10.8. The lowest BCUT2D eigenvalue weighted by molar-refractivity contribution is 0.809. The molecular weight excluding hydrogens is 172 g/mol. The SMILES string of the molecule is CNCCC=Cc1ccc(N)c(C)c1. The molecule has 0 radical (unpaired) electrons.